The van der Waals surface area contributed by atoms with Gasteiger partial charge in [-0.2, -0.15) is 0 Å². The first-order valence-electron chi connectivity index (χ1n) is 7.69. The summed E-state index contributed by atoms with van der Waals surface area (Å²) in [4.78, 5) is 2.59. The minimum Gasteiger partial charge on any atom is -0.310 e. The molecule has 1 heterocycles. The zero-order valence-corrected chi connectivity index (χ0v) is 12.7. The second kappa shape index (κ2) is 7.06. The summed E-state index contributed by atoms with van der Waals surface area (Å²) >= 11 is 0. The summed E-state index contributed by atoms with van der Waals surface area (Å²) in [6.45, 7) is 11.6. The van der Waals surface area contributed by atoms with E-state index >= 15 is 0 Å². The van der Waals surface area contributed by atoms with E-state index in [1.807, 2.05) is 0 Å². The molecule has 106 valence electrons. The van der Waals surface area contributed by atoms with Gasteiger partial charge in [0.1, 0.15) is 0 Å². The molecule has 0 spiro atoms. The fourth-order valence-electron chi connectivity index (χ4n) is 2.78. The van der Waals surface area contributed by atoms with Crippen LogP contribution in [-0.2, 0) is 0 Å². The molecule has 0 bridgehead atoms. The predicted molar refractivity (Wildman–Crippen MR) is 82.6 cm³/mol. The second-order valence-corrected chi connectivity index (χ2v) is 5.92. The minimum atomic E-state index is 0.456. The molecule has 1 aliphatic rings. The molecule has 2 heteroatoms. The molecular formula is C17H28N2. The molecule has 1 aromatic rings. The first-order valence-corrected chi connectivity index (χ1v) is 7.69. The molecule has 2 nitrogen and oxygen atoms in total. The molecule has 19 heavy (non-hydrogen) atoms. The Labute approximate surface area is 118 Å². The van der Waals surface area contributed by atoms with Gasteiger partial charge in [-0.3, -0.25) is 0 Å². The van der Waals surface area contributed by atoms with Gasteiger partial charge in [-0.05, 0) is 82.9 Å². The van der Waals surface area contributed by atoms with Gasteiger partial charge in [0.2, 0.25) is 0 Å². The van der Waals surface area contributed by atoms with Crippen molar-refractivity contribution in [1.29, 1.82) is 0 Å². The average molecular weight is 260 g/mol. The third-order valence-corrected chi connectivity index (χ3v) is 4.33. The van der Waals surface area contributed by atoms with Crippen LogP contribution in [0.25, 0.3) is 0 Å². The molecule has 1 saturated heterocycles. The topological polar surface area (TPSA) is 15.3 Å². The molecule has 1 aromatic carbocycles. The number of rotatable bonds is 6. The summed E-state index contributed by atoms with van der Waals surface area (Å²) in [5.41, 5.74) is 4.18. The van der Waals surface area contributed by atoms with Crippen LogP contribution in [0.5, 0.6) is 0 Å². The highest BCUT2D eigenvalue weighted by molar-refractivity contribution is 5.31. The highest BCUT2D eigenvalue weighted by Crippen LogP contribution is 2.16. The Balaban J connectivity index is 1.71. The predicted octanol–water partition coefficient (Wildman–Crippen LogP) is 3.44. The zero-order chi connectivity index (χ0) is 13.7. The summed E-state index contributed by atoms with van der Waals surface area (Å²) in [6, 6.07) is 7.25. The Kier molecular flexibility index (Phi) is 5.41. The molecule has 0 radical (unpaired) electrons. The van der Waals surface area contributed by atoms with E-state index in [0.717, 1.165) is 6.54 Å². The van der Waals surface area contributed by atoms with E-state index in [-0.39, 0.29) is 0 Å². The number of nitrogens with one attached hydrogen (secondary N) is 1. The van der Waals surface area contributed by atoms with E-state index in [1.165, 1.54) is 55.6 Å². The van der Waals surface area contributed by atoms with Crippen LogP contribution >= 0.6 is 0 Å². The molecular weight excluding hydrogens is 232 g/mol. The van der Waals surface area contributed by atoms with Gasteiger partial charge in [0.15, 0.2) is 0 Å². The highest BCUT2D eigenvalue weighted by atomic mass is 15.1. The van der Waals surface area contributed by atoms with Crippen molar-refractivity contribution in [2.75, 3.05) is 26.2 Å². The van der Waals surface area contributed by atoms with Crippen molar-refractivity contribution in [3.05, 3.63) is 34.9 Å². The van der Waals surface area contributed by atoms with E-state index in [0.29, 0.717) is 6.04 Å². The number of hydrogen-bond donors (Lipinski definition) is 1. The largest absolute Gasteiger partial charge is 0.310 e. The Bertz CT molecular complexity index is 394. The van der Waals surface area contributed by atoms with Gasteiger partial charge in [-0.1, -0.05) is 18.2 Å². The summed E-state index contributed by atoms with van der Waals surface area (Å²) in [5.74, 6) is 0. The molecule has 1 N–H and O–H groups in total. The number of likely N-dealkylation sites (tertiary alicyclic amines) is 1. The lowest BCUT2D eigenvalue weighted by Crippen LogP contribution is -2.26. The lowest BCUT2D eigenvalue weighted by Gasteiger charge is -2.18. The lowest BCUT2D eigenvalue weighted by molar-refractivity contribution is 0.328. The number of hydrogen-bond acceptors (Lipinski definition) is 2. The maximum absolute atomic E-state index is 3.64. The van der Waals surface area contributed by atoms with Crippen molar-refractivity contribution in [2.24, 2.45) is 0 Å². The van der Waals surface area contributed by atoms with Gasteiger partial charge in [-0.15, -0.1) is 0 Å². The molecule has 1 unspecified atom stereocenters. The SMILES string of the molecule is Cc1ccc(C(C)NCCCN2CCCC2)cc1C. The first-order chi connectivity index (χ1) is 9.16. The van der Waals surface area contributed by atoms with Crippen LogP contribution in [0.4, 0.5) is 0 Å². The maximum atomic E-state index is 3.64. The van der Waals surface area contributed by atoms with Gasteiger partial charge in [-0.25, -0.2) is 0 Å². The van der Waals surface area contributed by atoms with Gasteiger partial charge < -0.3 is 10.2 Å². The van der Waals surface area contributed by atoms with Crippen LogP contribution in [0.3, 0.4) is 0 Å². The van der Waals surface area contributed by atoms with Crippen molar-refractivity contribution in [2.45, 2.75) is 46.1 Å². The van der Waals surface area contributed by atoms with Gasteiger partial charge in [0, 0.05) is 6.04 Å². The van der Waals surface area contributed by atoms with E-state index in [1.54, 1.807) is 0 Å². The average Bonchev–Trinajstić information content (AvgIpc) is 2.91. The normalized spacial score (nSPS) is 17.8. The standard InChI is InChI=1S/C17H28N2/c1-14-7-8-17(13-15(14)2)16(3)18-9-6-12-19-10-4-5-11-19/h7-8,13,16,18H,4-6,9-12H2,1-3H3. The van der Waals surface area contributed by atoms with E-state index in [4.69, 9.17) is 0 Å². The molecule has 2 rings (SSSR count). The van der Waals surface area contributed by atoms with Crippen LogP contribution in [0.1, 0.15) is 48.9 Å². The molecule has 1 atom stereocenters. The minimum absolute atomic E-state index is 0.456. The van der Waals surface area contributed by atoms with Crippen molar-refractivity contribution in [3.63, 3.8) is 0 Å². The second-order valence-electron chi connectivity index (χ2n) is 5.92. The fraction of sp³-hybridized carbons (Fsp3) is 0.647. The van der Waals surface area contributed by atoms with E-state index < -0.39 is 0 Å². The van der Waals surface area contributed by atoms with Crippen molar-refractivity contribution < 1.29 is 0 Å². The van der Waals surface area contributed by atoms with Gasteiger partial charge in [0.25, 0.3) is 0 Å². The first kappa shape index (κ1) is 14.5. The molecule has 0 aromatic heterocycles. The van der Waals surface area contributed by atoms with Crippen LogP contribution in [-0.4, -0.2) is 31.1 Å². The van der Waals surface area contributed by atoms with Gasteiger partial charge in [0.05, 0.1) is 0 Å². The third-order valence-electron chi connectivity index (χ3n) is 4.33. The van der Waals surface area contributed by atoms with Crippen LogP contribution in [0, 0.1) is 13.8 Å². The van der Waals surface area contributed by atoms with Crippen LogP contribution < -0.4 is 5.32 Å². The number of nitrogens with zero attached hydrogens (tertiary/aromatic N) is 1. The summed E-state index contributed by atoms with van der Waals surface area (Å²) in [6.07, 6.45) is 4.05. The van der Waals surface area contributed by atoms with E-state index in [9.17, 15) is 0 Å². The highest BCUT2D eigenvalue weighted by Gasteiger charge is 2.11. The van der Waals surface area contributed by atoms with Crippen molar-refractivity contribution in [3.8, 4) is 0 Å². The Hall–Kier alpha value is -0.860. The molecule has 1 fully saturated rings. The zero-order valence-electron chi connectivity index (χ0n) is 12.7. The summed E-state index contributed by atoms with van der Waals surface area (Å²) < 4.78 is 0. The molecule has 0 aliphatic carbocycles. The Morgan fingerprint density at radius 1 is 1.16 bits per heavy atom. The smallest absolute Gasteiger partial charge is 0.0291 e. The lowest BCUT2D eigenvalue weighted by atomic mass is 10.0. The number of aryl methyl sites for hydroxylation is 2. The van der Waals surface area contributed by atoms with Gasteiger partial charge >= 0.3 is 0 Å². The molecule has 0 saturated carbocycles. The summed E-state index contributed by atoms with van der Waals surface area (Å²) in [5, 5.41) is 3.64. The summed E-state index contributed by atoms with van der Waals surface area (Å²) in [7, 11) is 0. The number of benzene rings is 1. The maximum Gasteiger partial charge on any atom is 0.0291 e. The Morgan fingerprint density at radius 3 is 2.58 bits per heavy atom. The molecule has 0 amide bonds. The Morgan fingerprint density at radius 2 is 1.89 bits per heavy atom. The van der Waals surface area contributed by atoms with Crippen LogP contribution in [0.2, 0.25) is 0 Å². The van der Waals surface area contributed by atoms with Crippen LogP contribution in [0.15, 0.2) is 18.2 Å². The quantitative estimate of drug-likeness (QED) is 0.788. The fourth-order valence-corrected chi connectivity index (χ4v) is 2.78. The monoisotopic (exact) mass is 260 g/mol. The van der Waals surface area contributed by atoms with Crippen molar-refractivity contribution in [1.82, 2.24) is 10.2 Å². The van der Waals surface area contributed by atoms with E-state index in [2.05, 4.69) is 49.2 Å². The van der Waals surface area contributed by atoms with Crippen molar-refractivity contribution >= 4 is 0 Å². The third kappa shape index (κ3) is 4.32. The molecule has 1 aliphatic heterocycles.